The molecule has 2 unspecified atom stereocenters. The van der Waals surface area contributed by atoms with Crippen molar-refractivity contribution in [1.29, 1.82) is 0 Å². The largest absolute Gasteiger partial charge is 0.489 e. The number of halogens is 1. The summed E-state index contributed by atoms with van der Waals surface area (Å²) in [6.07, 6.45) is 1.95. The molecule has 0 spiro atoms. The molecule has 1 amide bonds. The molecule has 132 valence electrons. The molecule has 1 heterocycles. The molecule has 2 N–H and O–H groups in total. The van der Waals surface area contributed by atoms with Gasteiger partial charge in [0.2, 0.25) is 5.91 Å². The van der Waals surface area contributed by atoms with Crippen molar-refractivity contribution in [3.63, 3.8) is 0 Å². The molecule has 2 atom stereocenters. The first-order valence-corrected chi connectivity index (χ1v) is 8.63. The Bertz CT molecular complexity index is 695. The summed E-state index contributed by atoms with van der Waals surface area (Å²) >= 11 is 0. The molecular weight excluding hydrogens is 319 g/mol. The Morgan fingerprint density at radius 1 is 1.24 bits per heavy atom. The summed E-state index contributed by atoms with van der Waals surface area (Å²) in [5.74, 6) is 0.544. The molecule has 1 saturated heterocycles. The van der Waals surface area contributed by atoms with Gasteiger partial charge in [0.15, 0.2) is 0 Å². The molecule has 0 aromatic heterocycles. The third kappa shape index (κ3) is 4.79. The second-order valence-corrected chi connectivity index (χ2v) is 6.36. The van der Waals surface area contributed by atoms with Crippen molar-refractivity contribution < 1.29 is 13.9 Å². The summed E-state index contributed by atoms with van der Waals surface area (Å²) in [6, 6.07) is 13.8. The monoisotopic (exact) mass is 342 g/mol. The van der Waals surface area contributed by atoms with Gasteiger partial charge in [0.05, 0.1) is 12.1 Å². The Morgan fingerprint density at radius 3 is 2.60 bits per heavy atom. The average Bonchev–Trinajstić information content (AvgIpc) is 3.16. The number of rotatable bonds is 6. The van der Waals surface area contributed by atoms with Crippen molar-refractivity contribution >= 4 is 5.91 Å². The van der Waals surface area contributed by atoms with Crippen molar-refractivity contribution in [2.45, 2.75) is 38.5 Å². The Kier molecular flexibility index (Phi) is 5.66. The summed E-state index contributed by atoms with van der Waals surface area (Å²) in [4.78, 5) is 12.2. The lowest BCUT2D eigenvalue weighted by molar-refractivity contribution is -0.123. The maximum atomic E-state index is 12.9. The van der Waals surface area contributed by atoms with E-state index in [1.807, 2.05) is 31.2 Å². The third-order valence-electron chi connectivity index (χ3n) is 4.43. The van der Waals surface area contributed by atoms with E-state index in [1.54, 1.807) is 12.1 Å². The first kappa shape index (κ1) is 17.4. The average molecular weight is 342 g/mol. The van der Waals surface area contributed by atoms with Crippen LogP contribution in [0.15, 0.2) is 48.5 Å². The van der Waals surface area contributed by atoms with E-state index < -0.39 is 0 Å². The zero-order valence-corrected chi connectivity index (χ0v) is 14.3. The number of hydrogen-bond donors (Lipinski definition) is 2. The topological polar surface area (TPSA) is 50.4 Å². The van der Waals surface area contributed by atoms with Gasteiger partial charge >= 0.3 is 0 Å². The van der Waals surface area contributed by atoms with Gasteiger partial charge in [-0.3, -0.25) is 4.79 Å². The van der Waals surface area contributed by atoms with E-state index in [2.05, 4.69) is 10.6 Å². The van der Waals surface area contributed by atoms with Crippen molar-refractivity contribution in [1.82, 2.24) is 10.6 Å². The van der Waals surface area contributed by atoms with Crippen LogP contribution in [-0.4, -0.2) is 18.5 Å². The third-order valence-corrected chi connectivity index (χ3v) is 4.43. The maximum absolute atomic E-state index is 12.9. The minimum atomic E-state index is -0.253. The molecule has 2 aromatic rings. The molecule has 0 saturated carbocycles. The van der Waals surface area contributed by atoms with Gasteiger partial charge in [-0.1, -0.05) is 24.3 Å². The fourth-order valence-corrected chi connectivity index (χ4v) is 2.91. The van der Waals surface area contributed by atoms with E-state index in [1.165, 1.54) is 12.1 Å². The molecular formula is C20H23FN2O2. The van der Waals surface area contributed by atoms with Crippen LogP contribution in [0.4, 0.5) is 4.39 Å². The predicted octanol–water partition coefficient (Wildman–Crippen LogP) is 3.33. The molecule has 1 aliphatic rings. The molecule has 5 heteroatoms. The number of nitrogens with one attached hydrogen (secondary N) is 2. The van der Waals surface area contributed by atoms with Crippen LogP contribution in [0.25, 0.3) is 0 Å². The lowest BCUT2D eigenvalue weighted by atomic mass is 10.1. The summed E-state index contributed by atoms with van der Waals surface area (Å²) in [5.41, 5.74) is 1.94. The van der Waals surface area contributed by atoms with Gasteiger partial charge in [0.25, 0.3) is 0 Å². The van der Waals surface area contributed by atoms with Gasteiger partial charge in [-0.05, 0) is 61.7 Å². The fourth-order valence-electron chi connectivity index (χ4n) is 2.91. The first-order chi connectivity index (χ1) is 12.1. The van der Waals surface area contributed by atoms with Crippen LogP contribution < -0.4 is 15.4 Å². The SMILES string of the molecule is CC(NC(=O)C1CCCN1)c1ccc(OCc2ccc(F)cc2)cc1. The van der Waals surface area contributed by atoms with Crippen molar-refractivity contribution in [3.8, 4) is 5.75 Å². The Balaban J connectivity index is 1.52. The maximum Gasteiger partial charge on any atom is 0.237 e. The van der Waals surface area contributed by atoms with Gasteiger partial charge in [-0.2, -0.15) is 0 Å². The molecule has 25 heavy (non-hydrogen) atoms. The normalized spacial score (nSPS) is 17.9. The van der Waals surface area contributed by atoms with Crippen molar-refractivity contribution in [2.24, 2.45) is 0 Å². The van der Waals surface area contributed by atoms with E-state index >= 15 is 0 Å². The van der Waals surface area contributed by atoms with Gasteiger partial charge < -0.3 is 15.4 Å². The second kappa shape index (κ2) is 8.12. The minimum absolute atomic E-state index is 0.0546. The predicted molar refractivity (Wildman–Crippen MR) is 94.8 cm³/mol. The van der Waals surface area contributed by atoms with Crippen LogP contribution in [0.1, 0.15) is 36.9 Å². The lowest BCUT2D eigenvalue weighted by Gasteiger charge is -2.18. The number of ether oxygens (including phenoxy) is 1. The molecule has 0 radical (unpaired) electrons. The Labute approximate surface area is 147 Å². The van der Waals surface area contributed by atoms with Crippen LogP contribution in [-0.2, 0) is 11.4 Å². The van der Waals surface area contributed by atoms with E-state index in [0.717, 1.165) is 36.3 Å². The molecule has 3 rings (SSSR count). The van der Waals surface area contributed by atoms with Crippen molar-refractivity contribution in [2.75, 3.05) is 6.54 Å². The van der Waals surface area contributed by atoms with E-state index in [9.17, 15) is 9.18 Å². The molecule has 0 bridgehead atoms. The second-order valence-electron chi connectivity index (χ2n) is 6.36. The quantitative estimate of drug-likeness (QED) is 0.847. The van der Waals surface area contributed by atoms with Gasteiger partial charge in [0.1, 0.15) is 18.2 Å². The first-order valence-electron chi connectivity index (χ1n) is 8.63. The van der Waals surface area contributed by atoms with Crippen LogP contribution in [0.3, 0.4) is 0 Å². The summed E-state index contributed by atoms with van der Waals surface area (Å²) in [6.45, 7) is 3.27. The highest BCUT2D eigenvalue weighted by Gasteiger charge is 2.23. The van der Waals surface area contributed by atoms with Crippen molar-refractivity contribution in [3.05, 3.63) is 65.5 Å². The van der Waals surface area contributed by atoms with E-state index in [4.69, 9.17) is 4.74 Å². The van der Waals surface area contributed by atoms with Gasteiger partial charge in [0, 0.05) is 0 Å². The molecule has 1 aliphatic heterocycles. The van der Waals surface area contributed by atoms with Crippen LogP contribution in [0.5, 0.6) is 5.75 Å². The Hall–Kier alpha value is -2.40. The van der Waals surface area contributed by atoms with Crippen LogP contribution in [0.2, 0.25) is 0 Å². The zero-order chi connectivity index (χ0) is 17.6. The highest BCUT2D eigenvalue weighted by Crippen LogP contribution is 2.19. The van der Waals surface area contributed by atoms with E-state index in [-0.39, 0.29) is 23.8 Å². The van der Waals surface area contributed by atoms with Gasteiger partial charge in [-0.15, -0.1) is 0 Å². The highest BCUT2D eigenvalue weighted by atomic mass is 19.1. The number of amides is 1. The summed E-state index contributed by atoms with van der Waals surface area (Å²) < 4.78 is 18.6. The molecule has 4 nitrogen and oxygen atoms in total. The summed E-state index contributed by atoms with van der Waals surface area (Å²) in [5, 5.41) is 6.25. The smallest absolute Gasteiger partial charge is 0.237 e. The fraction of sp³-hybridized carbons (Fsp3) is 0.350. The lowest BCUT2D eigenvalue weighted by Crippen LogP contribution is -2.41. The van der Waals surface area contributed by atoms with Crippen LogP contribution >= 0.6 is 0 Å². The van der Waals surface area contributed by atoms with Crippen LogP contribution in [0, 0.1) is 5.82 Å². The summed E-state index contributed by atoms with van der Waals surface area (Å²) in [7, 11) is 0. The number of carbonyl (C=O) groups is 1. The van der Waals surface area contributed by atoms with Gasteiger partial charge in [-0.25, -0.2) is 4.39 Å². The standard InChI is InChI=1S/C20H23FN2O2/c1-14(23-20(24)19-3-2-12-22-19)16-6-10-18(11-7-16)25-13-15-4-8-17(21)9-5-15/h4-11,14,19,22H,2-3,12-13H2,1H3,(H,23,24). The number of hydrogen-bond acceptors (Lipinski definition) is 3. The minimum Gasteiger partial charge on any atom is -0.489 e. The molecule has 2 aromatic carbocycles. The van der Waals surface area contributed by atoms with E-state index in [0.29, 0.717) is 6.61 Å². The number of carbonyl (C=O) groups excluding carboxylic acids is 1. The number of benzene rings is 2. The Morgan fingerprint density at radius 2 is 1.96 bits per heavy atom. The highest BCUT2D eigenvalue weighted by molar-refractivity contribution is 5.82. The molecule has 1 fully saturated rings. The zero-order valence-electron chi connectivity index (χ0n) is 14.3. The molecule has 0 aliphatic carbocycles.